The van der Waals surface area contributed by atoms with Crippen LogP contribution in [0.2, 0.25) is 0 Å². The van der Waals surface area contributed by atoms with Gasteiger partial charge in [-0.1, -0.05) is 0 Å². The molecule has 0 atom stereocenters. The van der Waals surface area contributed by atoms with E-state index in [1.165, 1.54) is 0 Å². The van der Waals surface area contributed by atoms with Gasteiger partial charge in [0.1, 0.15) is 17.3 Å². The van der Waals surface area contributed by atoms with Crippen molar-refractivity contribution in [3.63, 3.8) is 0 Å². The summed E-state index contributed by atoms with van der Waals surface area (Å²) in [7, 11) is 3.35. The van der Waals surface area contributed by atoms with E-state index >= 15 is 0 Å². The lowest BCUT2D eigenvalue weighted by atomic mass is 10.1. The Bertz CT molecular complexity index is 725. The van der Waals surface area contributed by atoms with Gasteiger partial charge in [0, 0.05) is 38.3 Å². The van der Waals surface area contributed by atoms with Crippen LogP contribution in [0, 0.1) is 0 Å². The fourth-order valence-corrected chi connectivity index (χ4v) is 3.21. The lowest BCUT2D eigenvalue weighted by molar-refractivity contribution is -0.122. The largest absolute Gasteiger partial charge is 0.497 e. The van der Waals surface area contributed by atoms with Gasteiger partial charge in [0.2, 0.25) is 5.91 Å². The third kappa shape index (κ3) is 5.48. The van der Waals surface area contributed by atoms with Crippen molar-refractivity contribution in [1.82, 2.24) is 15.1 Å². The van der Waals surface area contributed by atoms with Crippen LogP contribution in [0.15, 0.2) is 41.0 Å². The van der Waals surface area contributed by atoms with Crippen LogP contribution in [-0.2, 0) is 17.9 Å². The van der Waals surface area contributed by atoms with Crippen molar-refractivity contribution >= 4 is 5.91 Å². The Labute approximate surface area is 159 Å². The smallest absolute Gasteiger partial charge is 0.234 e. The van der Waals surface area contributed by atoms with Crippen LogP contribution in [0.1, 0.15) is 11.3 Å². The molecule has 0 bridgehead atoms. The van der Waals surface area contributed by atoms with E-state index in [1.807, 2.05) is 30.3 Å². The van der Waals surface area contributed by atoms with E-state index in [2.05, 4.69) is 15.1 Å². The zero-order valence-electron chi connectivity index (χ0n) is 15.9. The average molecular weight is 373 g/mol. The molecular weight excluding hydrogens is 346 g/mol. The maximum atomic E-state index is 12.1. The van der Waals surface area contributed by atoms with E-state index in [9.17, 15) is 4.79 Å². The Balaban J connectivity index is 1.44. The van der Waals surface area contributed by atoms with Gasteiger partial charge in [0.15, 0.2) is 0 Å². The van der Waals surface area contributed by atoms with Gasteiger partial charge in [-0.15, -0.1) is 0 Å². The number of benzene rings is 1. The van der Waals surface area contributed by atoms with Crippen LogP contribution in [0.5, 0.6) is 11.5 Å². The molecule has 0 unspecified atom stereocenters. The third-order valence-electron chi connectivity index (χ3n) is 4.75. The van der Waals surface area contributed by atoms with E-state index in [0.29, 0.717) is 13.1 Å². The predicted molar refractivity (Wildman–Crippen MR) is 102 cm³/mol. The van der Waals surface area contributed by atoms with Gasteiger partial charge in [-0.25, -0.2) is 0 Å². The van der Waals surface area contributed by atoms with Crippen LogP contribution in [0.3, 0.4) is 0 Å². The number of nitrogens with zero attached hydrogens (tertiary/aromatic N) is 2. The number of piperazine rings is 1. The van der Waals surface area contributed by atoms with Crippen molar-refractivity contribution < 1.29 is 18.7 Å². The molecule has 7 nitrogen and oxygen atoms in total. The highest BCUT2D eigenvalue weighted by Gasteiger charge is 2.20. The number of ether oxygens (including phenoxy) is 2. The quantitative estimate of drug-likeness (QED) is 0.760. The van der Waals surface area contributed by atoms with Crippen molar-refractivity contribution in [2.24, 2.45) is 0 Å². The lowest BCUT2D eigenvalue weighted by Crippen LogP contribution is -2.49. The topological polar surface area (TPSA) is 67.2 Å². The standard InChI is InChI=1S/C20H27N3O4/c1-25-17-5-6-19(26-2)16(12-17)14-22-7-9-23(10-8-22)15-20(24)21-13-18-4-3-11-27-18/h3-6,11-12H,7-10,13-15H2,1-2H3,(H,21,24). The van der Waals surface area contributed by atoms with E-state index in [0.717, 1.165) is 55.5 Å². The molecular formula is C20H27N3O4. The Kier molecular flexibility index (Phi) is 6.73. The summed E-state index contributed by atoms with van der Waals surface area (Å²) >= 11 is 0. The molecule has 1 aliphatic heterocycles. The molecule has 2 aromatic rings. The van der Waals surface area contributed by atoms with Crippen LogP contribution in [0.25, 0.3) is 0 Å². The molecule has 0 spiro atoms. The summed E-state index contributed by atoms with van der Waals surface area (Å²) in [6.07, 6.45) is 1.61. The molecule has 1 saturated heterocycles. The Morgan fingerprint density at radius 3 is 2.56 bits per heavy atom. The number of carbonyl (C=O) groups is 1. The summed E-state index contributed by atoms with van der Waals surface area (Å²) in [6, 6.07) is 9.53. The molecule has 27 heavy (non-hydrogen) atoms. The summed E-state index contributed by atoms with van der Waals surface area (Å²) < 4.78 is 16.0. The van der Waals surface area contributed by atoms with Gasteiger partial charge in [0.25, 0.3) is 0 Å². The van der Waals surface area contributed by atoms with Gasteiger partial charge in [-0.2, -0.15) is 0 Å². The van der Waals surface area contributed by atoms with Crippen molar-refractivity contribution in [1.29, 1.82) is 0 Å². The van der Waals surface area contributed by atoms with Gasteiger partial charge >= 0.3 is 0 Å². The van der Waals surface area contributed by atoms with Crippen molar-refractivity contribution in [3.8, 4) is 11.5 Å². The normalized spacial score (nSPS) is 15.5. The van der Waals surface area contributed by atoms with Gasteiger partial charge in [-0.3, -0.25) is 14.6 Å². The molecule has 1 aromatic heterocycles. The number of methoxy groups -OCH3 is 2. The summed E-state index contributed by atoms with van der Waals surface area (Å²) in [4.78, 5) is 16.6. The third-order valence-corrected chi connectivity index (χ3v) is 4.75. The monoisotopic (exact) mass is 373 g/mol. The maximum Gasteiger partial charge on any atom is 0.234 e. The molecule has 0 saturated carbocycles. The number of rotatable bonds is 8. The number of carbonyl (C=O) groups excluding carboxylic acids is 1. The SMILES string of the molecule is COc1ccc(OC)c(CN2CCN(CC(=O)NCc3ccco3)CC2)c1. The van der Waals surface area contributed by atoms with E-state index < -0.39 is 0 Å². The fourth-order valence-electron chi connectivity index (χ4n) is 3.21. The molecule has 1 N–H and O–H groups in total. The molecule has 0 aliphatic carbocycles. The summed E-state index contributed by atoms with van der Waals surface area (Å²) in [5, 5.41) is 2.89. The minimum atomic E-state index is 0.0225. The first-order valence-electron chi connectivity index (χ1n) is 9.12. The summed E-state index contributed by atoms with van der Waals surface area (Å²) in [6.45, 7) is 5.19. The highest BCUT2D eigenvalue weighted by Crippen LogP contribution is 2.25. The van der Waals surface area contributed by atoms with Crippen LogP contribution in [-0.4, -0.2) is 62.7 Å². The molecule has 1 amide bonds. The first-order chi connectivity index (χ1) is 13.2. The number of amides is 1. The van der Waals surface area contributed by atoms with E-state index in [1.54, 1.807) is 20.5 Å². The molecule has 2 heterocycles. The van der Waals surface area contributed by atoms with E-state index in [-0.39, 0.29) is 5.91 Å². The highest BCUT2D eigenvalue weighted by atomic mass is 16.5. The Morgan fingerprint density at radius 2 is 1.89 bits per heavy atom. The second kappa shape index (κ2) is 9.43. The van der Waals surface area contributed by atoms with Crippen molar-refractivity contribution in [2.45, 2.75) is 13.1 Å². The molecule has 1 aromatic carbocycles. The lowest BCUT2D eigenvalue weighted by Gasteiger charge is -2.34. The van der Waals surface area contributed by atoms with Crippen molar-refractivity contribution in [2.75, 3.05) is 46.9 Å². The Hall–Kier alpha value is -2.51. The predicted octanol–water partition coefficient (Wildman–Crippen LogP) is 1.73. The fraction of sp³-hybridized carbons (Fsp3) is 0.450. The van der Waals surface area contributed by atoms with Crippen LogP contribution in [0.4, 0.5) is 0 Å². The van der Waals surface area contributed by atoms with Crippen LogP contribution >= 0.6 is 0 Å². The number of hydrogen-bond donors (Lipinski definition) is 1. The highest BCUT2D eigenvalue weighted by molar-refractivity contribution is 5.77. The van der Waals surface area contributed by atoms with E-state index in [4.69, 9.17) is 13.9 Å². The minimum Gasteiger partial charge on any atom is -0.497 e. The number of hydrogen-bond acceptors (Lipinski definition) is 6. The van der Waals surface area contributed by atoms with Gasteiger partial charge in [0.05, 0.1) is 33.6 Å². The minimum absolute atomic E-state index is 0.0225. The van der Waals surface area contributed by atoms with Crippen molar-refractivity contribution in [3.05, 3.63) is 47.9 Å². The summed E-state index contributed by atoms with van der Waals surface area (Å²) in [5.74, 6) is 2.49. The molecule has 1 aliphatic rings. The molecule has 3 rings (SSSR count). The summed E-state index contributed by atoms with van der Waals surface area (Å²) in [5.41, 5.74) is 1.11. The zero-order chi connectivity index (χ0) is 19.1. The molecule has 0 radical (unpaired) electrons. The second-order valence-corrected chi connectivity index (χ2v) is 6.59. The Morgan fingerprint density at radius 1 is 1.11 bits per heavy atom. The first-order valence-corrected chi connectivity index (χ1v) is 9.12. The van der Waals surface area contributed by atoms with Gasteiger partial charge in [-0.05, 0) is 30.3 Å². The molecule has 1 fully saturated rings. The number of furan rings is 1. The second-order valence-electron chi connectivity index (χ2n) is 6.59. The van der Waals surface area contributed by atoms with Gasteiger partial charge < -0.3 is 19.2 Å². The first kappa shape index (κ1) is 19.3. The maximum absolute atomic E-state index is 12.1. The average Bonchev–Trinajstić information content (AvgIpc) is 3.21. The molecule has 146 valence electrons. The zero-order valence-corrected chi connectivity index (χ0v) is 15.9. The number of nitrogens with one attached hydrogen (secondary N) is 1. The van der Waals surface area contributed by atoms with Crippen LogP contribution < -0.4 is 14.8 Å². The molecule has 7 heteroatoms.